The highest BCUT2D eigenvalue weighted by molar-refractivity contribution is 4.78. The van der Waals surface area contributed by atoms with Gasteiger partial charge in [0.2, 0.25) is 0 Å². The molecule has 0 bridgehead atoms. The van der Waals surface area contributed by atoms with Gasteiger partial charge in [0.15, 0.2) is 0 Å². The Bertz CT molecular complexity index is 91.3. The summed E-state index contributed by atoms with van der Waals surface area (Å²) in [5, 5.41) is 9.70. The van der Waals surface area contributed by atoms with Gasteiger partial charge in [-0.05, 0) is 25.8 Å². The summed E-state index contributed by atoms with van der Waals surface area (Å²) in [6.07, 6.45) is 1.85. The van der Waals surface area contributed by atoms with Gasteiger partial charge in [0.1, 0.15) is 0 Å². The highest BCUT2D eigenvalue weighted by Crippen LogP contribution is 2.20. The van der Waals surface area contributed by atoms with Crippen LogP contribution in [-0.2, 0) is 0 Å². The average Bonchev–Trinajstić information content (AvgIpc) is 1.86. The van der Waals surface area contributed by atoms with Crippen molar-refractivity contribution in [2.24, 2.45) is 11.7 Å². The fourth-order valence-electron chi connectivity index (χ4n) is 1.01. The Balaban J connectivity index is 3.82. The fraction of sp³-hybridized carbons (Fsp3) is 1.00. The molecule has 0 amide bonds. The number of rotatable bonds is 4. The van der Waals surface area contributed by atoms with Crippen LogP contribution in [-0.4, -0.2) is 17.3 Å². The zero-order chi connectivity index (χ0) is 8.20. The highest BCUT2D eigenvalue weighted by atomic mass is 16.3. The zero-order valence-corrected chi connectivity index (χ0v) is 7.22. The van der Waals surface area contributed by atoms with Crippen LogP contribution >= 0.6 is 0 Å². The van der Waals surface area contributed by atoms with Crippen molar-refractivity contribution in [1.29, 1.82) is 0 Å². The van der Waals surface area contributed by atoms with Crippen LogP contribution in [0.1, 0.15) is 33.6 Å². The first-order valence-corrected chi connectivity index (χ1v) is 3.97. The maximum absolute atomic E-state index is 9.70. The van der Waals surface area contributed by atoms with Gasteiger partial charge in [0, 0.05) is 0 Å². The standard InChI is InChI=1S/C8H19NO/c1-4-5-8(3,10)7(2)6-9/h7,10H,4-6,9H2,1-3H3. The summed E-state index contributed by atoms with van der Waals surface area (Å²) < 4.78 is 0. The van der Waals surface area contributed by atoms with Gasteiger partial charge in [-0.1, -0.05) is 20.3 Å². The third kappa shape index (κ3) is 2.67. The summed E-state index contributed by atoms with van der Waals surface area (Å²) in [4.78, 5) is 0. The molecular formula is C8H19NO. The van der Waals surface area contributed by atoms with Crippen LogP contribution in [0.5, 0.6) is 0 Å². The van der Waals surface area contributed by atoms with E-state index in [1.165, 1.54) is 0 Å². The molecule has 2 atom stereocenters. The molecule has 2 unspecified atom stereocenters. The van der Waals surface area contributed by atoms with Crippen LogP contribution < -0.4 is 5.73 Å². The fourth-order valence-corrected chi connectivity index (χ4v) is 1.01. The van der Waals surface area contributed by atoms with Crippen molar-refractivity contribution in [3.8, 4) is 0 Å². The predicted molar refractivity (Wildman–Crippen MR) is 43.8 cm³/mol. The molecule has 0 fully saturated rings. The highest BCUT2D eigenvalue weighted by Gasteiger charge is 2.25. The van der Waals surface area contributed by atoms with E-state index in [0.29, 0.717) is 6.54 Å². The lowest BCUT2D eigenvalue weighted by Gasteiger charge is -2.28. The summed E-state index contributed by atoms with van der Waals surface area (Å²) in [5.74, 6) is 0.201. The second-order valence-corrected chi connectivity index (χ2v) is 3.24. The normalized spacial score (nSPS) is 20.1. The zero-order valence-electron chi connectivity index (χ0n) is 7.22. The molecule has 0 radical (unpaired) electrons. The summed E-state index contributed by atoms with van der Waals surface area (Å²) >= 11 is 0. The number of hydrogen-bond acceptors (Lipinski definition) is 2. The summed E-state index contributed by atoms with van der Waals surface area (Å²) in [6, 6.07) is 0. The molecule has 3 N–H and O–H groups in total. The molecule has 0 aliphatic rings. The molecule has 0 aromatic rings. The van der Waals surface area contributed by atoms with Gasteiger partial charge in [-0.25, -0.2) is 0 Å². The topological polar surface area (TPSA) is 46.2 Å². The van der Waals surface area contributed by atoms with Gasteiger partial charge in [-0.3, -0.25) is 0 Å². The molecule has 0 spiro atoms. The van der Waals surface area contributed by atoms with Crippen LogP contribution in [0.3, 0.4) is 0 Å². The van der Waals surface area contributed by atoms with E-state index in [1.807, 2.05) is 13.8 Å². The van der Waals surface area contributed by atoms with E-state index in [1.54, 1.807) is 0 Å². The lowest BCUT2D eigenvalue weighted by molar-refractivity contribution is 0.00117. The van der Waals surface area contributed by atoms with Crippen molar-refractivity contribution in [1.82, 2.24) is 0 Å². The Hall–Kier alpha value is -0.0800. The van der Waals surface area contributed by atoms with Crippen molar-refractivity contribution in [2.75, 3.05) is 6.54 Å². The maximum Gasteiger partial charge on any atom is 0.0657 e. The first-order valence-electron chi connectivity index (χ1n) is 3.97. The SMILES string of the molecule is CCCC(C)(O)C(C)CN. The Morgan fingerprint density at radius 2 is 2.10 bits per heavy atom. The lowest BCUT2D eigenvalue weighted by Crippen LogP contribution is -2.37. The quantitative estimate of drug-likeness (QED) is 0.623. The lowest BCUT2D eigenvalue weighted by atomic mass is 9.87. The van der Waals surface area contributed by atoms with E-state index < -0.39 is 5.60 Å². The van der Waals surface area contributed by atoms with E-state index in [-0.39, 0.29) is 5.92 Å². The molecule has 0 aromatic carbocycles. The molecule has 0 heterocycles. The minimum Gasteiger partial charge on any atom is -0.390 e. The minimum absolute atomic E-state index is 0.201. The monoisotopic (exact) mass is 145 g/mol. The van der Waals surface area contributed by atoms with Crippen molar-refractivity contribution >= 4 is 0 Å². The van der Waals surface area contributed by atoms with Crippen molar-refractivity contribution in [3.05, 3.63) is 0 Å². The second-order valence-electron chi connectivity index (χ2n) is 3.24. The van der Waals surface area contributed by atoms with Gasteiger partial charge in [-0.2, -0.15) is 0 Å². The van der Waals surface area contributed by atoms with Crippen LogP contribution in [0.15, 0.2) is 0 Å². The van der Waals surface area contributed by atoms with Crippen LogP contribution in [0.2, 0.25) is 0 Å². The summed E-state index contributed by atoms with van der Waals surface area (Å²) in [5.41, 5.74) is 4.86. The van der Waals surface area contributed by atoms with Crippen LogP contribution in [0.25, 0.3) is 0 Å². The van der Waals surface area contributed by atoms with Gasteiger partial charge in [0.25, 0.3) is 0 Å². The van der Waals surface area contributed by atoms with E-state index >= 15 is 0 Å². The number of hydrogen-bond donors (Lipinski definition) is 2. The van der Waals surface area contributed by atoms with E-state index in [2.05, 4.69) is 6.92 Å². The molecule has 0 aliphatic carbocycles. The molecule has 0 saturated carbocycles. The molecular weight excluding hydrogens is 126 g/mol. The molecule has 0 aromatic heterocycles. The third-order valence-electron chi connectivity index (χ3n) is 2.17. The summed E-state index contributed by atoms with van der Waals surface area (Å²) in [7, 11) is 0. The first-order chi connectivity index (χ1) is 4.54. The molecule has 2 nitrogen and oxygen atoms in total. The molecule has 0 rings (SSSR count). The molecule has 0 saturated heterocycles. The molecule has 2 heteroatoms. The van der Waals surface area contributed by atoms with E-state index in [0.717, 1.165) is 12.8 Å². The Morgan fingerprint density at radius 3 is 2.40 bits per heavy atom. The largest absolute Gasteiger partial charge is 0.390 e. The van der Waals surface area contributed by atoms with Crippen molar-refractivity contribution in [3.63, 3.8) is 0 Å². The number of nitrogens with two attached hydrogens (primary N) is 1. The minimum atomic E-state index is -0.566. The van der Waals surface area contributed by atoms with Crippen molar-refractivity contribution in [2.45, 2.75) is 39.2 Å². The average molecular weight is 145 g/mol. The maximum atomic E-state index is 9.70. The Morgan fingerprint density at radius 1 is 1.60 bits per heavy atom. The third-order valence-corrected chi connectivity index (χ3v) is 2.17. The number of aliphatic hydroxyl groups is 1. The Kier molecular flexibility index (Phi) is 3.91. The van der Waals surface area contributed by atoms with E-state index in [4.69, 9.17) is 5.73 Å². The van der Waals surface area contributed by atoms with Crippen LogP contribution in [0.4, 0.5) is 0 Å². The molecule has 62 valence electrons. The molecule has 0 aliphatic heterocycles. The van der Waals surface area contributed by atoms with Gasteiger partial charge < -0.3 is 10.8 Å². The van der Waals surface area contributed by atoms with Crippen molar-refractivity contribution < 1.29 is 5.11 Å². The first kappa shape index (κ1) is 9.92. The predicted octanol–water partition coefficient (Wildman–Crippen LogP) is 1.13. The Labute approximate surface area is 63.4 Å². The van der Waals surface area contributed by atoms with Gasteiger partial charge >= 0.3 is 0 Å². The van der Waals surface area contributed by atoms with Gasteiger partial charge in [-0.15, -0.1) is 0 Å². The molecule has 10 heavy (non-hydrogen) atoms. The van der Waals surface area contributed by atoms with Crippen LogP contribution in [0, 0.1) is 5.92 Å². The smallest absolute Gasteiger partial charge is 0.0657 e. The summed E-state index contributed by atoms with van der Waals surface area (Å²) in [6.45, 7) is 6.47. The van der Waals surface area contributed by atoms with E-state index in [9.17, 15) is 5.11 Å². The second kappa shape index (κ2) is 3.94. The van der Waals surface area contributed by atoms with Gasteiger partial charge in [0.05, 0.1) is 5.60 Å².